The number of anilines is 3. The molecular formula is C13H12BrN5. The number of nitrogens with two attached hydrogens (primary N) is 1. The first-order valence-corrected chi connectivity index (χ1v) is 6.53. The van der Waals surface area contributed by atoms with E-state index >= 15 is 0 Å². The summed E-state index contributed by atoms with van der Waals surface area (Å²) in [6.07, 6.45) is 3.53. The van der Waals surface area contributed by atoms with E-state index in [4.69, 9.17) is 5.73 Å². The molecule has 1 aromatic carbocycles. The van der Waals surface area contributed by atoms with Crippen LogP contribution in [-0.2, 0) is 7.05 Å². The average Bonchev–Trinajstić information content (AvgIpc) is 2.79. The van der Waals surface area contributed by atoms with Crippen LogP contribution in [0.4, 0.5) is 17.2 Å². The van der Waals surface area contributed by atoms with E-state index in [1.807, 2.05) is 37.5 Å². The number of fused-ring (bicyclic) bond motifs is 1. The molecule has 2 aromatic heterocycles. The lowest BCUT2D eigenvalue weighted by Crippen LogP contribution is -2.00. The van der Waals surface area contributed by atoms with Gasteiger partial charge < -0.3 is 11.1 Å². The molecule has 0 aliphatic carbocycles. The van der Waals surface area contributed by atoms with Gasteiger partial charge in [0, 0.05) is 29.2 Å². The van der Waals surface area contributed by atoms with Crippen LogP contribution >= 0.6 is 15.9 Å². The Morgan fingerprint density at radius 1 is 1.32 bits per heavy atom. The molecular weight excluding hydrogens is 306 g/mol. The number of aryl methyl sites for hydroxylation is 1. The van der Waals surface area contributed by atoms with Gasteiger partial charge in [0.25, 0.3) is 0 Å². The summed E-state index contributed by atoms with van der Waals surface area (Å²) in [5.41, 5.74) is 8.32. The Bertz CT molecular complexity index is 745. The Balaban J connectivity index is 2.15. The van der Waals surface area contributed by atoms with Crippen LogP contribution in [-0.4, -0.2) is 14.8 Å². The smallest absolute Gasteiger partial charge is 0.152 e. The number of pyridine rings is 1. The first-order chi connectivity index (χ1) is 9.13. The molecule has 0 amide bonds. The molecule has 6 heteroatoms. The molecule has 3 rings (SSSR count). The van der Waals surface area contributed by atoms with Crippen molar-refractivity contribution >= 4 is 44.0 Å². The van der Waals surface area contributed by atoms with Gasteiger partial charge in [0.2, 0.25) is 0 Å². The number of aromatic nitrogens is 3. The zero-order chi connectivity index (χ0) is 13.4. The fraction of sp³-hybridized carbons (Fsp3) is 0.0769. The highest BCUT2D eigenvalue weighted by Gasteiger charge is 2.08. The number of benzene rings is 1. The van der Waals surface area contributed by atoms with E-state index in [1.54, 1.807) is 10.9 Å². The number of nitrogen functional groups attached to an aromatic ring is 1. The van der Waals surface area contributed by atoms with Crippen molar-refractivity contribution in [2.24, 2.45) is 7.05 Å². The van der Waals surface area contributed by atoms with E-state index in [9.17, 15) is 0 Å². The molecule has 0 unspecified atom stereocenters. The predicted molar refractivity (Wildman–Crippen MR) is 80.3 cm³/mol. The first kappa shape index (κ1) is 12.0. The zero-order valence-electron chi connectivity index (χ0n) is 10.3. The lowest BCUT2D eigenvalue weighted by atomic mass is 10.1. The summed E-state index contributed by atoms with van der Waals surface area (Å²) < 4.78 is 2.72. The highest BCUT2D eigenvalue weighted by atomic mass is 79.9. The van der Waals surface area contributed by atoms with Crippen molar-refractivity contribution in [1.82, 2.24) is 14.8 Å². The standard InChI is InChI=1S/C13H12BrN5/c1-19-5-4-12(18-19)17-13-9-6-8(14)2-3-11(9)16-7-10(13)15/h2-7H,15H2,1H3,(H,16,17,18). The van der Waals surface area contributed by atoms with Crippen molar-refractivity contribution < 1.29 is 0 Å². The fourth-order valence-electron chi connectivity index (χ4n) is 1.93. The fourth-order valence-corrected chi connectivity index (χ4v) is 2.29. The van der Waals surface area contributed by atoms with Crippen molar-refractivity contribution in [2.75, 3.05) is 11.1 Å². The van der Waals surface area contributed by atoms with Gasteiger partial charge in [-0.05, 0) is 18.2 Å². The van der Waals surface area contributed by atoms with E-state index in [0.29, 0.717) is 5.69 Å². The third kappa shape index (κ3) is 2.26. The van der Waals surface area contributed by atoms with Gasteiger partial charge in [0.15, 0.2) is 5.82 Å². The Labute approximate surface area is 118 Å². The summed E-state index contributed by atoms with van der Waals surface area (Å²) in [5, 5.41) is 8.50. The number of halogens is 1. The maximum Gasteiger partial charge on any atom is 0.152 e. The molecule has 0 spiro atoms. The molecule has 0 radical (unpaired) electrons. The lowest BCUT2D eigenvalue weighted by molar-refractivity contribution is 0.771. The number of rotatable bonds is 2. The van der Waals surface area contributed by atoms with E-state index in [-0.39, 0.29) is 0 Å². The van der Waals surface area contributed by atoms with E-state index in [0.717, 1.165) is 26.9 Å². The molecule has 0 aliphatic heterocycles. The second-order valence-electron chi connectivity index (χ2n) is 4.25. The number of nitrogens with zero attached hydrogens (tertiary/aromatic N) is 3. The van der Waals surface area contributed by atoms with Gasteiger partial charge in [0.1, 0.15) is 0 Å². The molecule has 19 heavy (non-hydrogen) atoms. The Hall–Kier alpha value is -2.08. The molecule has 0 saturated carbocycles. The third-order valence-electron chi connectivity index (χ3n) is 2.83. The highest BCUT2D eigenvalue weighted by Crippen LogP contribution is 2.31. The van der Waals surface area contributed by atoms with Gasteiger partial charge in [-0.25, -0.2) is 0 Å². The summed E-state index contributed by atoms with van der Waals surface area (Å²) in [7, 11) is 1.87. The van der Waals surface area contributed by atoms with Gasteiger partial charge in [-0.2, -0.15) is 5.10 Å². The molecule has 0 atom stereocenters. The molecule has 0 bridgehead atoms. The topological polar surface area (TPSA) is 68.8 Å². The normalized spacial score (nSPS) is 10.8. The van der Waals surface area contributed by atoms with E-state index < -0.39 is 0 Å². The van der Waals surface area contributed by atoms with Crippen LogP contribution < -0.4 is 11.1 Å². The number of hydrogen-bond donors (Lipinski definition) is 2. The summed E-state index contributed by atoms with van der Waals surface area (Å²) in [6.45, 7) is 0. The van der Waals surface area contributed by atoms with Crippen LogP contribution in [0, 0.1) is 0 Å². The van der Waals surface area contributed by atoms with E-state index in [1.165, 1.54) is 0 Å². The predicted octanol–water partition coefficient (Wildman–Crippen LogP) is 3.06. The molecule has 96 valence electrons. The molecule has 5 nitrogen and oxygen atoms in total. The second kappa shape index (κ2) is 4.55. The quantitative estimate of drug-likeness (QED) is 0.762. The van der Waals surface area contributed by atoms with Crippen molar-refractivity contribution in [2.45, 2.75) is 0 Å². The van der Waals surface area contributed by atoms with E-state index in [2.05, 4.69) is 31.3 Å². The molecule has 0 fully saturated rings. The van der Waals surface area contributed by atoms with Crippen molar-refractivity contribution in [3.63, 3.8) is 0 Å². The minimum atomic E-state index is 0.594. The van der Waals surface area contributed by atoms with Gasteiger partial charge in [-0.15, -0.1) is 0 Å². The Morgan fingerprint density at radius 2 is 2.16 bits per heavy atom. The van der Waals surface area contributed by atoms with Gasteiger partial charge in [-0.1, -0.05) is 15.9 Å². The Kier molecular flexibility index (Phi) is 2.87. The SMILES string of the molecule is Cn1ccc(Nc2c(N)cnc3ccc(Br)cc23)n1. The molecule has 3 aromatic rings. The summed E-state index contributed by atoms with van der Waals surface area (Å²) in [5.74, 6) is 0.752. The van der Waals surface area contributed by atoms with Gasteiger partial charge >= 0.3 is 0 Å². The van der Waals surface area contributed by atoms with Crippen LogP contribution in [0.1, 0.15) is 0 Å². The Morgan fingerprint density at radius 3 is 2.89 bits per heavy atom. The number of hydrogen-bond acceptors (Lipinski definition) is 4. The molecule has 3 N–H and O–H groups in total. The van der Waals surface area contributed by atoms with Crippen LogP contribution in [0.5, 0.6) is 0 Å². The molecule has 2 heterocycles. The minimum absolute atomic E-state index is 0.594. The summed E-state index contributed by atoms with van der Waals surface area (Å²) in [4.78, 5) is 4.32. The minimum Gasteiger partial charge on any atom is -0.396 e. The van der Waals surface area contributed by atoms with Crippen LogP contribution in [0.2, 0.25) is 0 Å². The highest BCUT2D eigenvalue weighted by molar-refractivity contribution is 9.10. The molecule has 0 aliphatic rings. The summed E-state index contributed by atoms with van der Waals surface area (Å²) in [6, 6.07) is 7.78. The van der Waals surface area contributed by atoms with Gasteiger partial charge in [0.05, 0.1) is 23.1 Å². The molecule has 0 saturated heterocycles. The van der Waals surface area contributed by atoms with Crippen molar-refractivity contribution in [1.29, 1.82) is 0 Å². The van der Waals surface area contributed by atoms with Crippen LogP contribution in [0.15, 0.2) is 41.1 Å². The number of nitrogens with one attached hydrogen (secondary N) is 1. The summed E-state index contributed by atoms with van der Waals surface area (Å²) >= 11 is 3.46. The van der Waals surface area contributed by atoms with Crippen molar-refractivity contribution in [3.05, 3.63) is 41.1 Å². The largest absolute Gasteiger partial charge is 0.396 e. The van der Waals surface area contributed by atoms with Crippen LogP contribution in [0.3, 0.4) is 0 Å². The average molecular weight is 318 g/mol. The van der Waals surface area contributed by atoms with Crippen molar-refractivity contribution in [3.8, 4) is 0 Å². The first-order valence-electron chi connectivity index (χ1n) is 5.74. The third-order valence-corrected chi connectivity index (χ3v) is 3.32. The van der Waals surface area contributed by atoms with Gasteiger partial charge in [-0.3, -0.25) is 9.67 Å². The maximum absolute atomic E-state index is 6.02. The maximum atomic E-state index is 6.02. The van der Waals surface area contributed by atoms with Crippen LogP contribution in [0.25, 0.3) is 10.9 Å². The lowest BCUT2D eigenvalue weighted by Gasteiger charge is -2.10. The second-order valence-corrected chi connectivity index (χ2v) is 5.17. The zero-order valence-corrected chi connectivity index (χ0v) is 11.8. The monoisotopic (exact) mass is 317 g/mol.